The predicted octanol–water partition coefficient (Wildman–Crippen LogP) is 3.15. The topological polar surface area (TPSA) is 93.2 Å². The molecular weight excluding hydrogens is 392 g/mol. The van der Waals surface area contributed by atoms with Crippen molar-refractivity contribution >= 4 is 58.7 Å². The maximum Gasteiger partial charge on any atom is 0.261 e. The van der Waals surface area contributed by atoms with Crippen LogP contribution in [0.1, 0.15) is 0 Å². The van der Waals surface area contributed by atoms with Crippen molar-refractivity contribution in [1.82, 2.24) is 4.98 Å². The van der Waals surface area contributed by atoms with Crippen LogP contribution in [0.5, 0.6) is 0 Å². The van der Waals surface area contributed by atoms with Crippen LogP contribution in [0.15, 0.2) is 51.7 Å². The molecule has 0 aliphatic heterocycles. The summed E-state index contributed by atoms with van der Waals surface area (Å²) in [6, 6.07) is 10.5. The number of sulfone groups is 1. The smallest absolute Gasteiger partial charge is 0.261 e. The Bertz CT molecular complexity index is 1140. The highest BCUT2D eigenvalue weighted by Gasteiger charge is 2.17. The molecule has 0 unspecified atom stereocenters. The number of thiazole rings is 1. The minimum atomic E-state index is -3.79. The maximum atomic E-state index is 12.4. The molecule has 0 aliphatic carbocycles. The van der Waals surface area contributed by atoms with Gasteiger partial charge in [0, 0.05) is 11.3 Å². The van der Waals surface area contributed by atoms with E-state index in [9.17, 15) is 16.8 Å². The quantitative estimate of drug-likeness (QED) is 0.723. The van der Waals surface area contributed by atoms with Gasteiger partial charge in [-0.15, -0.1) is 11.3 Å². The number of nitrogens with zero attached hydrogens (tertiary/aromatic N) is 1. The number of anilines is 1. The summed E-state index contributed by atoms with van der Waals surface area (Å²) in [6.45, 7) is 0. The normalized spacial score (nSPS) is 12.4. The Morgan fingerprint density at radius 1 is 1.08 bits per heavy atom. The summed E-state index contributed by atoms with van der Waals surface area (Å²) in [6.07, 6.45) is 1.08. The molecule has 10 heteroatoms. The Kier molecular flexibility index (Phi) is 4.28. The maximum absolute atomic E-state index is 12.4. The summed E-state index contributed by atoms with van der Waals surface area (Å²) >= 11 is 6.81. The fraction of sp³-hybridized carbons (Fsp3) is 0.0714. The molecule has 0 amide bonds. The molecule has 0 spiro atoms. The Labute approximate surface area is 148 Å². The van der Waals surface area contributed by atoms with Crippen molar-refractivity contribution in [3.63, 3.8) is 0 Å². The summed E-state index contributed by atoms with van der Waals surface area (Å²) in [7, 11) is -7.20. The summed E-state index contributed by atoms with van der Waals surface area (Å²) in [5.74, 6) is 0. The lowest BCUT2D eigenvalue weighted by Gasteiger charge is -2.08. The monoisotopic (exact) mass is 402 g/mol. The van der Waals surface area contributed by atoms with Crippen molar-refractivity contribution in [3.05, 3.63) is 47.5 Å². The van der Waals surface area contributed by atoms with Crippen LogP contribution in [0.25, 0.3) is 10.2 Å². The summed E-state index contributed by atoms with van der Waals surface area (Å²) < 4.78 is 50.9. The van der Waals surface area contributed by atoms with Crippen molar-refractivity contribution < 1.29 is 16.8 Å². The van der Waals surface area contributed by atoms with E-state index in [1.807, 2.05) is 0 Å². The van der Waals surface area contributed by atoms with Crippen LogP contribution < -0.4 is 4.72 Å². The number of halogens is 1. The Morgan fingerprint density at radius 2 is 1.83 bits per heavy atom. The van der Waals surface area contributed by atoms with Crippen LogP contribution in [0.3, 0.4) is 0 Å². The lowest BCUT2D eigenvalue weighted by atomic mass is 10.3. The Balaban J connectivity index is 1.98. The first-order chi connectivity index (χ1) is 11.1. The van der Waals surface area contributed by atoms with Crippen molar-refractivity contribution in [2.45, 2.75) is 9.24 Å². The molecule has 0 atom stereocenters. The summed E-state index contributed by atoms with van der Waals surface area (Å²) in [5, 5.41) is 0.313. The molecule has 0 saturated carbocycles. The van der Waals surface area contributed by atoms with E-state index in [0.29, 0.717) is 20.9 Å². The second-order valence-corrected chi connectivity index (χ2v) is 10.3. The lowest BCUT2D eigenvalue weighted by molar-refractivity contribution is 0.599. The third-order valence-corrected chi connectivity index (χ3v) is 7.36. The fourth-order valence-electron chi connectivity index (χ4n) is 1.97. The first-order valence-corrected chi connectivity index (χ1v) is 11.1. The van der Waals surface area contributed by atoms with Crippen LogP contribution in [0, 0.1) is 0 Å². The lowest BCUT2D eigenvalue weighted by Crippen LogP contribution is -2.12. The van der Waals surface area contributed by atoms with Crippen LogP contribution in [0.4, 0.5) is 5.69 Å². The summed E-state index contributed by atoms with van der Waals surface area (Å²) in [5.41, 5.74) is 0.803. The van der Waals surface area contributed by atoms with Gasteiger partial charge in [-0.1, -0.05) is 17.7 Å². The van der Waals surface area contributed by atoms with Gasteiger partial charge in [-0.2, -0.15) is 0 Å². The zero-order valence-corrected chi connectivity index (χ0v) is 15.4. The highest BCUT2D eigenvalue weighted by Crippen LogP contribution is 2.29. The second-order valence-electron chi connectivity index (χ2n) is 5.00. The van der Waals surface area contributed by atoms with Gasteiger partial charge in [-0.05, 0) is 36.4 Å². The Hall–Kier alpha value is -1.68. The van der Waals surface area contributed by atoms with Gasteiger partial charge < -0.3 is 0 Å². The van der Waals surface area contributed by atoms with E-state index in [0.717, 1.165) is 17.6 Å². The minimum Gasteiger partial charge on any atom is -0.280 e. The standard InChI is InChI=1S/C14H11ClN2O4S3/c1-23(18,19)14-16-12-6-5-10(8-13(12)22-14)17-24(20,21)11-4-2-3-9(15)7-11/h2-8,17H,1H3. The third-order valence-electron chi connectivity index (χ3n) is 3.04. The van der Waals surface area contributed by atoms with Crippen LogP contribution in [-0.4, -0.2) is 28.1 Å². The van der Waals surface area contributed by atoms with Gasteiger partial charge in [0.05, 0.1) is 20.8 Å². The van der Waals surface area contributed by atoms with Gasteiger partial charge in [0.1, 0.15) is 0 Å². The molecule has 0 aliphatic rings. The zero-order chi connectivity index (χ0) is 17.5. The van der Waals surface area contributed by atoms with Crippen molar-refractivity contribution in [2.75, 3.05) is 11.0 Å². The van der Waals surface area contributed by atoms with Gasteiger partial charge in [-0.25, -0.2) is 21.8 Å². The second kappa shape index (κ2) is 5.99. The highest BCUT2D eigenvalue weighted by atomic mass is 35.5. The molecule has 6 nitrogen and oxygen atoms in total. The van der Waals surface area contributed by atoms with E-state index in [2.05, 4.69) is 9.71 Å². The van der Waals surface area contributed by atoms with Crippen molar-refractivity contribution in [1.29, 1.82) is 0 Å². The number of sulfonamides is 1. The average Bonchev–Trinajstić information content (AvgIpc) is 2.90. The van der Waals surface area contributed by atoms with E-state index in [-0.39, 0.29) is 9.24 Å². The van der Waals surface area contributed by atoms with Crippen molar-refractivity contribution in [2.24, 2.45) is 0 Å². The van der Waals surface area contributed by atoms with E-state index >= 15 is 0 Å². The molecule has 0 saturated heterocycles. The Morgan fingerprint density at radius 3 is 2.50 bits per heavy atom. The van der Waals surface area contributed by atoms with Crippen LogP contribution >= 0.6 is 22.9 Å². The van der Waals surface area contributed by atoms with Gasteiger partial charge in [0.25, 0.3) is 10.0 Å². The van der Waals surface area contributed by atoms with E-state index in [4.69, 9.17) is 11.6 Å². The number of nitrogens with one attached hydrogen (secondary N) is 1. The molecular formula is C14H11ClN2O4S3. The molecule has 1 N–H and O–H groups in total. The van der Waals surface area contributed by atoms with E-state index in [1.165, 1.54) is 18.2 Å². The van der Waals surface area contributed by atoms with Crippen LogP contribution in [0.2, 0.25) is 5.02 Å². The predicted molar refractivity (Wildman–Crippen MR) is 95.0 cm³/mol. The highest BCUT2D eigenvalue weighted by molar-refractivity contribution is 7.93. The minimum absolute atomic E-state index is 0.00708. The number of hydrogen-bond donors (Lipinski definition) is 1. The van der Waals surface area contributed by atoms with Crippen molar-refractivity contribution in [3.8, 4) is 0 Å². The van der Waals surface area contributed by atoms with Gasteiger partial charge >= 0.3 is 0 Å². The summed E-state index contributed by atoms with van der Waals surface area (Å²) in [4.78, 5) is 4.07. The molecule has 3 aromatic rings. The van der Waals surface area contributed by atoms with E-state index < -0.39 is 19.9 Å². The molecule has 1 heterocycles. The molecule has 3 rings (SSSR count). The SMILES string of the molecule is CS(=O)(=O)c1nc2ccc(NS(=O)(=O)c3cccc(Cl)c3)cc2s1. The largest absolute Gasteiger partial charge is 0.280 e. The van der Waals surface area contributed by atoms with Gasteiger partial charge in [0.2, 0.25) is 14.2 Å². The molecule has 126 valence electrons. The third kappa shape index (κ3) is 3.54. The number of rotatable bonds is 4. The molecule has 1 aromatic heterocycles. The zero-order valence-electron chi connectivity index (χ0n) is 12.2. The van der Waals surface area contributed by atoms with Gasteiger partial charge in [0.15, 0.2) is 0 Å². The fourth-order valence-corrected chi connectivity index (χ4v) is 5.20. The molecule has 0 radical (unpaired) electrons. The number of benzene rings is 2. The molecule has 0 bridgehead atoms. The average molecular weight is 403 g/mol. The van der Waals surface area contributed by atoms with Gasteiger partial charge in [-0.3, -0.25) is 4.72 Å². The first-order valence-electron chi connectivity index (χ1n) is 6.54. The van der Waals surface area contributed by atoms with E-state index in [1.54, 1.807) is 24.3 Å². The first kappa shape index (κ1) is 17.2. The number of aromatic nitrogens is 1. The van der Waals surface area contributed by atoms with Crippen LogP contribution in [-0.2, 0) is 19.9 Å². The molecule has 0 fully saturated rings. The number of fused-ring (bicyclic) bond motifs is 1. The number of hydrogen-bond acceptors (Lipinski definition) is 6. The molecule has 24 heavy (non-hydrogen) atoms. The molecule has 2 aromatic carbocycles.